The highest BCUT2D eigenvalue weighted by atomic mass is 16.5. The van der Waals surface area contributed by atoms with Crippen molar-refractivity contribution in [3.8, 4) is 5.75 Å². The number of ether oxygens (including phenoxy) is 1. The fraction of sp³-hybridized carbons (Fsp3) is 0.500. The lowest BCUT2D eigenvalue weighted by atomic mass is 10.1. The van der Waals surface area contributed by atoms with Crippen LogP contribution < -0.4 is 10.1 Å². The Hall–Kier alpha value is -2.57. The Morgan fingerprint density at radius 1 is 1.08 bits per heavy atom. The van der Waals surface area contributed by atoms with Crippen LogP contribution in [0.1, 0.15) is 29.6 Å². The number of fused-ring (bicyclic) bond motifs is 1. The molecule has 2 aliphatic heterocycles. The van der Waals surface area contributed by atoms with E-state index in [2.05, 4.69) is 5.32 Å². The van der Waals surface area contributed by atoms with Gasteiger partial charge in [-0.05, 0) is 31.0 Å². The quantitative estimate of drug-likeness (QED) is 0.872. The van der Waals surface area contributed by atoms with Gasteiger partial charge in [0.05, 0.1) is 18.7 Å². The maximum absolute atomic E-state index is 12.7. The first kappa shape index (κ1) is 15.9. The molecular weight excluding hydrogens is 322 g/mol. The summed E-state index contributed by atoms with van der Waals surface area (Å²) >= 11 is 0. The molecule has 0 spiro atoms. The normalized spacial score (nSPS) is 20.2. The monoisotopic (exact) mass is 343 g/mol. The van der Waals surface area contributed by atoms with Gasteiger partial charge >= 0.3 is 0 Å². The van der Waals surface area contributed by atoms with Gasteiger partial charge in [0, 0.05) is 37.7 Å². The van der Waals surface area contributed by atoms with E-state index in [1.165, 1.54) is 0 Å². The van der Waals surface area contributed by atoms with Gasteiger partial charge in [-0.25, -0.2) is 0 Å². The first-order valence-electron chi connectivity index (χ1n) is 8.76. The summed E-state index contributed by atoms with van der Waals surface area (Å²) in [5.41, 5.74) is 1.06. The summed E-state index contributed by atoms with van der Waals surface area (Å²) in [5, 5.41) is 2.77. The number of carbonyl (C=O) groups excluding carboxylic acids is 3. The number of anilines is 1. The average molecular weight is 343 g/mol. The molecule has 132 valence electrons. The van der Waals surface area contributed by atoms with E-state index < -0.39 is 0 Å². The molecule has 0 bridgehead atoms. The molecule has 1 aliphatic carbocycles. The second-order valence-electron chi connectivity index (χ2n) is 6.75. The van der Waals surface area contributed by atoms with Crippen molar-refractivity contribution >= 4 is 23.4 Å². The zero-order valence-corrected chi connectivity index (χ0v) is 14.0. The number of nitrogens with zero attached hydrogens (tertiary/aromatic N) is 2. The average Bonchev–Trinajstić information content (AvgIpc) is 3.47. The SMILES string of the molecule is O=C1CCOc2ccc(C(=O)N3CCN(C(=O)C4CC4)CC3)cc2N1. The number of piperazine rings is 1. The highest BCUT2D eigenvalue weighted by molar-refractivity contribution is 5.99. The van der Waals surface area contributed by atoms with Crippen LogP contribution in [0.2, 0.25) is 0 Å². The molecule has 0 aromatic heterocycles. The highest BCUT2D eigenvalue weighted by Crippen LogP contribution is 2.31. The van der Waals surface area contributed by atoms with Crippen molar-refractivity contribution in [2.24, 2.45) is 5.92 Å². The minimum atomic E-state index is -0.115. The Morgan fingerprint density at radius 3 is 2.52 bits per heavy atom. The summed E-state index contributed by atoms with van der Waals surface area (Å²) in [7, 11) is 0. The summed E-state index contributed by atoms with van der Waals surface area (Å²) in [6.45, 7) is 2.59. The topological polar surface area (TPSA) is 79.0 Å². The van der Waals surface area contributed by atoms with Gasteiger partial charge in [0.1, 0.15) is 5.75 Å². The maximum Gasteiger partial charge on any atom is 0.254 e. The van der Waals surface area contributed by atoms with Crippen LogP contribution in [0, 0.1) is 5.92 Å². The minimum absolute atomic E-state index is 0.0835. The van der Waals surface area contributed by atoms with Gasteiger partial charge in [0.2, 0.25) is 11.8 Å². The number of carbonyl (C=O) groups is 3. The number of hydrogen-bond acceptors (Lipinski definition) is 4. The first-order chi connectivity index (χ1) is 12.1. The second-order valence-corrected chi connectivity index (χ2v) is 6.75. The lowest BCUT2D eigenvalue weighted by Crippen LogP contribution is -2.51. The van der Waals surface area contributed by atoms with Crippen LogP contribution in [0.15, 0.2) is 18.2 Å². The van der Waals surface area contributed by atoms with Crippen LogP contribution in [0.3, 0.4) is 0 Å². The van der Waals surface area contributed by atoms with Gasteiger partial charge in [-0.3, -0.25) is 14.4 Å². The van der Waals surface area contributed by atoms with Gasteiger partial charge in [-0.2, -0.15) is 0 Å². The van der Waals surface area contributed by atoms with E-state index in [-0.39, 0.29) is 23.6 Å². The lowest BCUT2D eigenvalue weighted by molar-refractivity contribution is -0.134. The molecule has 3 aliphatic rings. The lowest BCUT2D eigenvalue weighted by Gasteiger charge is -2.35. The molecule has 1 saturated carbocycles. The first-order valence-corrected chi connectivity index (χ1v) is 8.76. The van der Waals surface area contributed by atoms with Crippen molar-refractivity contribution in [3.63, 3.8) is 0 Å². The Bertz CT molecular complexity index is 721. The van der Waals surface area contributed by atoms with E-state index in [9.17, 15) is 14.4 Å². The molecular formula is C18H21N3O4. The summed E-state index contributed by atoms with van der Waals surface area (Å²) in [4.78, 5) is 40.1. The summed E-state index contributed by atoms with van der Waals surface area (Å²) in [5.74, 6) is 0.838. The fourth-order valence-electron chi connectivity index (χ4n) is 3.25. The highest BCUT2D eigenvalue weighted by Gasteiger charge is 2.35. The van der Waals surface area contributed by atoms with Crippen LogP contribution >= 0.6 is 0 Å². The van der Waals surface area contributed by atoms with Crippen molar-refractivity contribution in [1.82, 2.24) is 9.80 Å². The molecule has 0 unspecified atom stereocenters. The molecule has 3 amide bonds. The molecule has 0 radical (unpaired) electrons. The van der Waals surface area contributed by atoms with Crippen molar-refractivity contribution in [2.45, 2.75) is 19.3 Å². The van der Waals surface area contributed by atoms with Crippen LogP contribution in [0.25, 0.3) is 0 Å². The standard InChI is InChI=1S/C18H21N3O4/c22-16-5-10-25-15-4-3-13(11-14(15)19-16)18(24)21-8-6-20(7-9-21)17(23)12-1-2-12/h3-4,11-12H,1-2,5-10H2,(H,19,22). The molecule has 2 fully saturated rings. The molecule has 0 atom stereocenters. The predicted molar refractivity (Wildman–Crippen MR) is 90.4 cm³/mol. The molecule has 1 saturated heterocycles. The third kappa shape index (κ3) is 3.31. The van der Waals surface area contributed by atoms with Crippen LogP contribution in [0.5, 0.6) is 5.75 Å². The second kappa shape index (κ2) is 6.38. The number of amides is 3. The van der Waals surface area contributed by atoms with E-state index in [1.807, 2.05) is 4.90 Å². The van der Waals surface area contributed by atoms with Gasteiger partial charge in [-0.15, -0.1) is 0 Å². The third-order valence-electron chi connectivity index (χ3n) is 4.89. The molecule has 25 heavy (non-hydrogen) atoms. The predicted octanol–water partition coefficient (Wildman–Crippen LogP) is 1.10. The zero-order valence-electron chi connectivity index (χ0n) is 14.0. The molecule has 4 rings (SSSR count). The van der Waals surface area contributed by atoms with Crippen molar-refractivity contribution in [3.05, 3.63) is 23.8 Å². The van der Waals surface area contributed by atoms with E-state index >= 15 is 0 Å². The van der Waals surface area contributed by atoms with Crippen molar-refractivity contribution < 1.29 is 19.1 Å². The summed E-state index contributed by atoms with van der Waals surface area (Å²) in [6.07, 6.45) is 2.30. The van der Waals surface area contributed by atoms with E-state index in [0.717, 1.165) is 12.8 Å². The Labute approximate surface area is 145 Å². The molecule has 7 heteroatoms. The van der Waals surface area contributed by atoms with Crippen LogP contribution in [-0.2, 0) is 9.59 Å². The van der Waals surface area contributed by atoms with Gasteiger partial charge in [0.15, 0.2) is 0 Å². The molecule has 1 N–H and O–H groups in total. The number of nitrogens with one attached hydrogen (secondary N) is 1. The van der Waals surface area contributed by atoms with E-state index in [1.54, 1.807) is 23.1 Å². The molecule has 7 nitrogen and oxygen atoms in total. The van der Waals surface area contributed by atoms with Gasteiger partial charge in [0.25, 0.3) is 5.91 Å². The molecule has 1 aromatic rings. The number of rotatable bonds is 2. The van der Waals surface area contributed by atoms with Gasteiger partial charge < -0.3 is 19.9 Å². The van der Waals surface area contributed by atoms with Crippen LogP contribution in [0.4, 0.5) is 5.69 Å². The van der Waals surface area contributed by atoms with E-state index in [0.29, 0.717) is 56.2 Å². The number of hydrogen-bond donors (Lipinski definition) is 1. The maximum atomic E-state index is 12.7. The largest absolute Gasteiger partial charge is 0.491 e. The Kier molecular flexibility index (Phi) is 4.07. The summed E-state index contributed by atoms with van der Waals surface area (Å²) in [6, 6.07) is 5.12. The van der Waals surface area contributed by atoms with Crippen LogP contribution in [-0.4, -0.2) is 60.3 Å². The fourth-order valence-corrected chi connectivity index (χ4v) is 3.25. The Morgan fingerprint density at radius 2 is 1.80 bits per heavy atom. The smallest absolute Gasteiger partial charge is 0.254 e. The molecule has 2 heterocycles. The minimum Gasteiger partial charge on any atom is -0.491 e. The van der Waals surface area contributed by atoms with Crippen molar-refractivity contribution in [2.75, 3.05) is 38.1 Å². The van der Waals surface area contributed by atoms with Gasteiger partial charge in [-0.1, -0.05) is 0 Å². The summed E-state index contributed by atoms with van der Waals surface area (Å²) < 4.78 is 5.52. The zero-order chi connectivity index (χ0) is 17.4. The Balaban J connectivity index is 1.43. The molecule has 1 aromatic carbocycles. The van der Waals surface area contributed by atoms with E-state index in [4.69, 9.17) is 4.74 Å². The third-order valence-corrected chi connectivity index (χ3v) is 4.89. The number of benzene rings is 1. The van der Waals surface area contributed by atoms with Crippen molar-refractivity contribution in [1.29, 1.82) is 0 Å².